The molecule has 0 amide bonds. The zero-order valence-electron chi connectivity index (χ0n) is 10.7. The van der Waals surface area contributed by atoms with Crippen molar-refractivity contribution in [3.05, 3.63) is 65.0 Å². The van der Waals surface area contributed by atoms with E-state index < -0.39 is 11.7 Å². The summed E-state index contributed by atoms with van der Waals surface area (Å²) in [5.41, 5.74) is 0.369. The summed E-state index contributed by atoms with van der Waals surface area (Å²) in [5, 5.41) is 0. The van der Waals surface area contributed by atoms with Crippen molar-refractivity contribution >= 4 is 0 Å². The first kappa shape index (κ1) is 14.4. The van der Waals surface area contributed by atoms with Crippen LogP contribution in [0.1, 0.15) is 16.7 Å². The first-order valence-electron chi connectivity index (χ1n) is 5.91. The van der Waals surface area contributed by atoms with Gasteiger partial charge in [0.2, 0.25) is 0 Å². The monoisotopic (exact) mass is 284 g/mol. The SMILES string of the molecule is Cc1cc(OCc2ccc(C(F)(F)F)cc2)ccc1F. The van der Waals surface area contributed by atoms with Gasteiger partial charge in [-0.3, -0.25) is 0 Å². The fraction of sp³-hybridized carbons (Fsp3) is 0.200. The van der Waals surface area contributed by atoms with E-state index in [4.69, 9.17) is 4.74 Å². The number of alkyl halides is 3. The molecule has 106 valence electrons. The van der Waals surface area contributed by atoms with Gasteiger partial charge >= 0.3 is 6.18 Å². The van der Waals surface area contributed by atoms with Gasteiger partial charge in [0.05, 0.1) is 5.56 Å². The summed E-state index contributed by atoms with van der Waals surface area (Å²) in [7, 11) is 0. The molecule has 0 bridgehead atoms. The summed E-state index contributed by atoms with van der Waals surface area (Å²) in [6.45, 7) is 1.74. The molecule has 0 unspecified atom stereocenters. The highest BCUT2D eigenvalue weighted by molar-refractivity contribution is 5.30. The van der Waals surface area contributed by atoms with E-state index in [0.29, 0.717) is 16.9 Å². The Morgan fingerprint density at radius 3 is 2.20 bits per heavy atom. The van der Waals surface area contributed by atoms with Crippen LogP contribution in [0.4, 0.5) is 17.6 Å². The van der Waals surface area contributed by atoms with E-state index >= 15 is 0 Å². The van der Waals surface area contributed by atoms with Crippen LogP contribution < -0.4 is 4.74 Å². The average Bonchev–Trinajstić information content (AvgIpc) is 2.40. The summed E-state index contributed by atoms with van der Waals surface area (Å²) in [6.07, 6.45) is -4.34. The van der Waals surface area contributed by atoms with E-state index in [2.05, 4.69) is 0 Å². The minimum Gasteiger partial charge on any atom is -0.489 e. The van der Waals surface area contributed by atoms with Crippen LogP contribution >= 0.6 is 0 Å². The minimum absolute atomic E-state index is 0.128. The number of rotatable bonds is 3. The van der Waals surface area contributed by atoms with E-state index in [1.807, 2.05) is 0 Å². The van der Waals surface area contributed by atoms with Gasteiger partial charge in [0.25, 0.3) is 0 Å². The van der Waals surface area contributed by atoms with Crippen LogP contribution in [0.3, 0.4) is 0 Å². The lowest BCUT2D eigenvalue weighted by Crippen LogP contribution is -2.05. The second-order valence-electron chi connectivity index (χ2n) is 4.39. The number of halogens is 4. The van der Waals surface area contributed by atoms with Gasteiger partial charge in [-0.05, 0) is 48.4 Å². The van der Waals surface area contributed by atoms with Crippen molar-refractivity contribution in [1.82, 2.24) is 0 Å². The molecule has 0 aromatic heterocycles. The van der Waals surface area contributed by atoms with E-state index in [1.165, 1.54) is 24.3 Å². The maximum atomic E-state index is 13.1. The maximum Gasteiger partial charge on any atom is 0.416 e. The van der Waals surface area contributed by atoms with Crippen LogP contribution in [0.2, 0.25) is 0 Å². The van der Waals surface area contributed by atoms with Crippen LogP contribution in [-0.2, 0) is 12.8 Å². The predicted molar refractivity (Wildman–Crippen MR) is 66.9 cm³/mol. The summed E-state index contributed by atoms with van der Waals surface area (Å²) >= 11 is 0. The number of hydrogen-bond donors (Lipinski definition) is 0. The maximum absolute atomic E-state index is 13.1. The minimum atomic E-state index is -4.34. The van der Waals surface area contributed by atoms with Crippen molar-refractivity contribution in [2.45, 2.75) is 19.7 Å². The average molecular weight is 284 g/mol. The van der Waals surface area contributed by atoms with Crippen LogP contribution in [-0.4, -0.2) is 0 Å². The highest BCUT2D eigenvalue weighted by Crippen LogP contribution is 2.29. The van der Waals surface area contributed by atoms with Crippen molar-refractivity contribution in [1.29, 1.82) is 0 Å². The second-order valence-corrected chi connectivity index (χ2v) is 4.39. The first-order valence-corrected chi connectivity index (χ1v) is 5.91. The molecule has 5 heteroatoms. The Morgan fingerprint density at radius 1 is 1.00 bits per heavy atom. The normalized spacial score (nSPS) is 11.4. The van der Waals surface area contributed by atoms with Crippen molar-refractivity contribution in [3.63, 3.8) is 0 Å². The van der Waals surface area contributed by atoms with Crippen LogP contribution in [0.25, 0.3) is 0 Å². The molecule has 2 aromatic carbocycles. The summed E-state index contributed by atoms with van der Waals surface area (Å²) in [4.78, 5) is 0. The van der Waals surface area contributed by atoms with Gasteiger partial charge in [0.1, 0.15) is 18.2 Å². The van der Waals surface area contributed by atoms with Crippen LogP contribution in [0.15, 0.2) is 42.5 Å². The largest absolute Gasteiger partial charge is 0.489 e. The highest BCUT2D eigenvalue weighted by atomic mass is 19.4. The van der Waals surface area contributed by atoms with Crippen molar-refractivity contribution in [2.75, 3.05) is 0 Å². The van der Waals surface area contributed by atoms with Gasteiger partial charge in [-0.2, -0.15) is 13.2 Å². The molecule has 2 rings (SSSR count). The topological polar surface area (TPSA) is 9.23 Å². The molecule has 0 saturated heterocycles. The van der Waals surface area contributed by atoms with Crippen LogP contribution in [0.5, 0.6) is 5.75 Å². The smallest absolute Gasteiger partial charge is 0.416 e. The van der Waals surface area contributed by atoms with Crippen molar-refractivity contribution < 1.29 is 22.3 Å². The Balaban J connectivity index is 2.02. The van der Waals surface area contributed by atoms with Crippen molar-refractivity contribution in [2.24, 2.45) is 0 Å². The predicted octanol–water partition coefficient (Wildman–Crippen LogP) is 4.73. The van der Waals surface area contributed by atoms with Crippen molar-refractivity contribution in [3.8, 4) is 5.75 Å². The molecule has 0 aliphatic heterocycles. The number of aryl methyl sites for hydroxylation is 1. The standard InChI is InChI=1S/C15H12F4O/c1-10-8-13(6-7-14(10)16)20-9-11-2-4-12(5-3-11)15(17,18)19/h2-8H,9H2,1H3. The number of hydrogen-bond acceptors (Lipinski definition) is 1. The summed E-state index contributed by atoms with van der Waals surface area (Å²) in [6, 6.07) is 9.05. The van der Waals surface area contributed by atoms with E-state index in [1.54, 1.807) is 13.0 Å². The molecular weight excluding hydrogens is 272 g/mol. The van der Waals surface area contributed by atoms with E-state index in [0.717, 1.165) is 12.1 Å². The summed E-state index contributed by atoms with van der Waals surface area (Å²) < 4.78 is 55.6. The second kappa shape index (κ2) is 5.53. The van der Waals surface area contributed by atoms with Gasteiger partial charge < -0.3 is 4.74 Å². The quantitative estimate of drug-likeness (QED) is 0.740. The van der Waals surface area contributed by atoms with Crippen LogP contribution in [0, 0.1) is 12.7 Å². The number of ether oxygens (including phenoxy) is 1. The third-order valence-electron chi connectivity index (χ3n) is 2.82. The number of benzene rings is 2. The van der Waals surface area contributed by atoms with Gasteiger partial charge in [0.15, 0.2) is 0 Å². The Labute approximate surface area is 113 Å². The molecule has 2 aromatic rings. The van der Waals surface area contributed by atoms with E-state index in [-0.39, 0.29) is 12.4 Å². The molecule has 0 radical (unpaired) electrons. The van der Waals surface area contributed by atoms with Gasteiger partial charge in [0, 0.05) is 0 Å². The lowest BCUT2D eigenvalue weighted by molar-refractivity contribution is -0.137. The molecule has 0 spiro atoms. The first-order chi connectivity index (χ1) is 9.36. The highest BCUT2D eigenvalue weighted by Gasteiger charge is 2.29. The Hall–Kier alpha value is -2.04. The Bertz CT molecular complexity index is 588. The zero-order chi connectivity index (χ0) is 14.8. The molecular formula is C15H12F4O. The molecule has 0 saturated carbocycles. The van der Waals surface area contributed by atoms with Gasteiger partial charge in [-0.1, -0.05) is 12.1 Å². The van der Waals surface area contributed by atoms with Gasteiger partial charge in [-0.25, -0.2) is 4.39 Å². The Kier molecular flexibility index (Phi) is 3.97. The lowest BCUT2D eigenvalue weighted by Gasteiger charge is -2.09. The van der Waals surface area contributed by atoms with Gasteiger partial charge in [-0.15, -0.1) is 0 Å². The molecule has 0 heterocycles. The third-order valence-corrected chi connectivity index (χ3v) is 2.82. The zero-order valence-corrected chi connectivity index (χ0v) is 10.7. The Morgan fingerprint density at radius 2 is 1.65 bits per heavy atom. The molecule has 1 nitrogen and oxygen atoms in total. The molecule has 0 fully saturated rings. The summed E-state index contributed by atoms with van der Waals surface area (Å²) in [5.74, 6) is 0.149. The fourth-order valence-corrected chi connectivity index (χ4v) is 1.66. The third kappa shape index (κ3) is 3.50. The molecule has 0 aliphatic rings. The fourth-order valence-electron chi connectivity index (χ4n) is 1.66. The molecule has 0 atom stereocenters. The molecule has 20 heavy (non-hydrogen) atoms. The van der Waals surface area contributed by atoms with E-state index in [9.17, 15) is 17.6 Å². The molecule has 0 N–H and O–H groups in total. The molecule has 0 aliphatic carbocycles. The lowest BCUT2D eigenvalue weighted by atomic mass is 10.1.